The molecule has 0 radical (unpaired) electrons. The van der Waals surface area contributed by atoms with Gasteiger partial charge in [0.05, 0.1) is 11.2 Å². The predicted octanol–water partition coefficient (Wildman–Crippen LogP) is 4.16. The van der Waals surface area contributed by atoms with E-state index >= 15 is 0 Å². The van der Waals surface area contributed by atoms with E-state index in [0.29, 0.717) is 4.78 Å². The zero-order valence-electron chi connectivity index (χ0n) is 25.7. The highest BCUT2D eigenvalue weighted by Crippen LogP contribution is 2.38. The number of amides is 1. The van der Waals surface area contributed by atoms with E-state index in [1.807, 2.05) is 27.7 Å². The Hall–Kier alpha value is -1.05. The van der Waals surface area contributed by atoms with Gasteiger partial charge in [0.2, 0.25) is 0 Å². The molecule has 2 saturated heterocycles. The molecular formula is C20H32BNO4S. The second-order valence-corrected chi connectivity index (χ2v) is 9.57. The van der Waals surface area contributed by atoms with Crippen LogP contribution in [0.25, 0.3) is 0 Å². The summed E-state index contributed by atoms with van der Waals surface area (Å²) in [5.41, 5.74) is -2.58. The molecule has 2 fully saturated rings. The highest BCUT2D eigenvalue weighted by molar-refractivity contribution is 7.22. The summed E-state index contributed by atoms with van der Waals surface area (Å²) in [5.74, 6) is -3.11. The predicted molar refractivity (Wildman–Crippen MR) is 110 cm³/mol. The van der Waals surface area contributed by atoms with Crippen molar-refractivity contribution in [2.24, 2.45) is 0 Å². The maximum Gasteiger partial charge on any atom is 0.505 e. The second kappa shape index (κ2) is 7.09. The van der Waals surface area contributed by atoms with E-state index in [-0.39, 0.29) is 9.78 Å². The molecule has 1 aromatic rings. The number of piperidine rings is 1. The Balaban J connectivity index is 2.14. The summed E-state index contributed by atoms with van der Waals surface area (Å²) in [5, 5.41) is 0. The monoisotopic (exact) mass is 402 g/mol. The molecule has 0 bridgehead atoms. The summed E-state index contributed by atoms with van der Waals surface area (Å²) >= 11 is 0.777. The number of ether oxygens (including phenoxy) is 1. The summed E-state index contributed by atoms with van der Waals surface area (Å²) in [4.78, 5) is 12.4. The van der Waals surface area contributed by atoms with Crippen molar-refractivity contribution < 1.29 is 31.2 Å². The van der Waals surface area contributed by atoms with Crippen LogP contribution in [0, 0.1) is 0 Å². The van der Waals surface area contributed by atoms with Gasteiger partial charge in [-0.2, -0.15) is 0 Å². The van der Waals surface area contributed by atoms with Crippen molar-refractivity contribution in [1.29, 1.82) is 0 Å². The number of rotatable bonds is 2. The zero-order chi connectivity index (χ0) is 28.1. The van der Waals surface area contributed by atoms with Crippen LogP contribution < -0.4 is 4.78 Å². The Labute approximate surface area is 180 Å². The lowest BCUT2D eigenvalue weighted by atomic mass is 9.88. The van der Waals surface area contributed by atoms with Gasteiger partial charge in [0, 0.05) is 35.0 Å². The number of hydrogen-bond acceptors (Lipinski definition) is 5. The number of thiophene rings is 1. The third-order valence-corrected chi connectivity index (χ3v) is 5.64. The van der Waals surface area contributed by atoms with Gasteiger partial charge in [0.15, 0.2) is 0 Å². The summed E-state index contributed by atoms with van der Waals surface area (Å²) < 4.78 is 95.0. The Morgan fingerprint density at radius 1 is 1.26 bits per heavy atom. The number of carbonyl (C=O) groups excluding carboxylic acids is 1. The molecule has 7 heteroatoms. The SMILES string of the molecule is [2H]C1([2H])N(C(=O)OC(C)(C)C)C([2H])([2H])C([2H])([2H])C([2H])(c2ccc(B3OC(C)(C)C(C)(C)O3)s2)C1([2H])[2H]. The van der Waals surface area contributed by atoms with Crippen LogP contribution >= 0.6 is 11.3 Å². The van der Waals surface area contributed by atoms with Gasteiger partial charge in [0.25, 0.3) is 0 Å². The highest BCUT2D eigenvalue weighted by Gasteiger charge is 2.52. The molecular weight excluding hydrogens is 361 g/mol. The standard InChI is InChI=1S/C20H32BNO4S/c1-18(2,3)24-17(23)22-12-10-14(11-13-22)15-8-9-16(27-15)21-25-19(4,5)20(6,7)26-21/h8-9,14H,10-13H2,1-7H3/i10D2,11D2,12D2,13D2,14D. The van der Waals surface area contributed by atoms with Crippen LogP contribution in [0.1, 0.15) is 84.3 Å². The van der Waals surface area contributed by atoms with E-state index in [4.69, 9.17) is 26.4 Å². The molecule has 0 spiro atoms. The van der Waals surface area contributed by atoms with Crippen LogP contribution in [0.3, 0.4) is 0 Å². The van der Waals surface area contributed by atoms with E-state index in [2.05, 4.69) is 0 Å². The number of hydrogen-bond donors (Lipinski definition) is 0. The molecule has 3 rings (SSSR count). The maximum absolute atomic E-state index is 12.9. The van der Waals surface area contributed by atoms with E-state index in [0.717, 1.165) is 11.3 Å². The van der Waals surface area contributed by atoms with Crippen molar-refractivity contribution in [2.75, 3.05) is 13.0 Å². The molecule has 27 heavy (non-hydrogen) atoms. The molecule has 0 atom stereocenters. The van der Waals surface area contributed by atoms with Crippen LogP contribution in [-0.2, 0) is 14.0 Å². The van der Waals surface area contributed by atoms with Gasteiger partial charge in [-0.05, 0) is 73.2 Å². The first-order chi connectivity index (χ1) is 15.8. The van der Waals surface area contributed by atoms with Crippen LogP contribution in [0.5, 0.6) is 0 Å². The minimum atomic E-state index is -3.47. The Morgan fingerprint density at radius 3 is 2.33 bits per heavy atom. The Kier molecular flexibility index (Phi) is 3.11. The lowest BCUT2D eigenvalue weighted by Crippen LogP contribution is -2.41. The molecule has 2 aliphatic rings. The lowest BCUT2D eigenvalue weighted by molar-refractivity contribution is 0.00578. The van der Waals surface area contributed by atoms with E-state index in [1.165, 1.54) is 32.9 Å². The van der Waals surface area contributed by atoms with Crippen molar-refractivity contribution in [3.05, 3.63) is 17.0 Å². The summed E-state index contributed by atoms with van der Waals surface area (Å²) in [6.45, 7) is 4.77. The summed E-state index contributed by atoms with van der Waals surface area (Å²) in [7, 11) is -0.899. The average Bonchev–Trinajstić information content (AvgIpc) is 3.20. The number of nitrogens with zero attached hydrogens (tertiary/aromatic N) is 1. The molecule has 1 amide bonds. The molecule has 2 aliphatic heterocycles. The molecule has 0 N–H and O–H groups in total. The Morgan fingerprint density at radius 2 is 1.81 bits per heavy atom. The lowest BCUT2D eigenvalue weighted by Gasteiger charge is -2.33. The van der Waals surface area contributed by atoms with E-state index in [1.54, 1.807) is 0 Å². The summed E-state index contributed by atoms with van der Waals surface area (Å²) in [6, 6.07) is 2.72. The van der Waals surface area contributed by atoms with Gasteiger partial charge in [-0.3, -0.25) is 0 Å². The minimum absolute atomic E-state index is 0.194. The molecule has 0 aliphatic carbocycles. The third kappa shape index (κ3) is 4.52. The first-order valence-electron chi connectivity index (χ1n) is 13.3. The first-order valence-corrected chi connectivity index (χ1v) is 9.59. The molecule has 3 heterocycles. The largest absolute Gasteiger partial charge is 0.505 e. The number of likely N-dealkylation sites (tertiary alicyclic amines) is 1. The molecule has 0 saturated carbocycles. The topological polar surface area (TPSA) is 48.0 Å². The average molecular weight is 402 g/mol. The van der Waals surface area contributed by atoms with E-state index < -0.39 is 61.6 Å². The fourth-order valence-corrected chi connectivity index (χ4v) is 3.30. The third-order valence-electron chi connectivity index (χ3n) is 4.52. The molecule has 0 unspecified atom stereocenters. The Bertz CT molecular complexity index is 1010. The molecule has 1 aromatic heterocycles. The zero-order valence-corrected chi connectivity index (χ0v) is 17.5. The van der Waals surface area contributed by atoms with Crippen LogP contribution in [-0.4, -0.2) is 47.9 Å². The summed E-state index contributed by atoms with van der Waals surface area (Å²) in [6.07, 6.45) is -8.43. The maximum atomic E-state index is 12.9. The van der Waals surface area contributed by atoms with Gasteiger partial charge in [-0.25, -0.2) is 4.79 Å². The molecule has 0 aromatic carbocycles. The smallest absolute Gasteiger partial charge is 0.444 e. The van der Waals surface area contributed by atoms with Gasteiger partial charge in [-0.1, -0.05) is 6.07 Å². The van der Waals surface area contributed by atoms with Gasteiger partial charge >= 0.3 is 13.2 Å². The van der Waals surface area contributed by atoms with Gasteiger partial charge in [0.1, 0.15) is 5.60 Å². The van der Waals surface area contributed by atoms with Crippen molar-refractivity contribution in [3.63, 3.8) is 0 Å². The quantitative estimate of drug-likeness (QED) is 0.697. The van der Waals surface area contributed by atoms with Crippen molar-refractivity contribution in [1.82, 2.24) is 4.90 Å². The number of carbonyl (C=O) groups is 1. The fourth-order valence-electron chi connectivity index (χ4n) is 2.38. The van der Waals surface area contributed by atoms with Crippen LogP contribution in [0.2, 0.25) is 0 Å². The van der Waals surface area contributed by atoms with E-state index in [9.17, 15) is 4.79 Å². The van der Waals surface area contributed by atoms with Crippen LogP contribution in [0.4, 0.5) is 4.79 Å². The normalized spacial score (nSPS) is 36.5. The fraction of sp³-hybridized carbons (Fsp3) is 0.750. The van der Waals surface area contributed by atoms with Crippen molar-refractivity contribution in [2.45, 2.75) is 83.9 Å². The highest BCUT2D eigenvalue weighted by atomic mass is 32.1. The first kappa shape index (κ1) is 11.8. The molecule has 150 valence electrons. The minimum Gasteiger partial charge on any atom is -0.444 e. The van der Waals surface area contributed by atoms with Crippen molar-refractivity contribution >= 4 is 29.3 Å². The van der Waals surface area contributed by atoms with Gasteiger partial charge in [-0.15, -0.1) is 11.3 Å². The van der Waals surface area contributed by atoms with Crippen LogP contribution in [0.15, 0.2) is 12.1 Å². The molecule has 5 nitrogen and oxygen atoms in total. The van der Waals surface area contributed by atoms with Crippen molar-refractivity contribution in [3.8, 4) is 0 Å². The second-order valence-electron chi connectivity index (χ2n) is 8.45. The van der Waals surface area contributed by atoms with Gasteiger partial charge < -0.3 is 18.9 Å².